The molecule has 2 aliphatic rings. The number of fused-ring (bicyclic) bond motifs is 3. The lowest BCUT2D eigenvalue weighted by Gasteiger charge is -2.54. The topological polar surface area (TPSA) is 74.3 Å². The summed E-state index contributed by atoms with van der Waals surface area (Å²) < 4.78 is 22.0. The summed E-state index contributed by atoms with van der Waals surface area (Å²) in [7, 11) is 3.30. The summed E-state index contributed by atoms with van der Waals surface area (Å²) in [6.45, 7) is 11.9. The summed E-state index contributed by atoms with van der Waals surface area (Å²) in [6, 6.07) is 3.96. The molecular formula is C26H37NO6. The van der Waals surface area contributed by atoms with Crippen molar-refractivity contribution in [2.24, 2.45) is 5.92 Å². The zero-order chi connectivity index (χ0) is 24.3. The van der Waals surface area contributed by atoms with E-state index in [-0.39, 0.29) is 47.8 Å². The molecule has 3 rings (SSSR count). The molecule has 0 fully saturated rings. The molecule has 33 heavy (non-hydrogen) atoms. The first-order chi connectivity index (χ1) is 15.7. The smallest absolute Gasteiger partial charge is 0.343 e. The van der Waals surface area contributed by atoms with Gasteiger partial charge in [0.1, 0.15) is 5.57 Å². The number of hydrogen-bond acceptors (Lipinski definition) is 7. The van der Waals surface area contributed by atoms with Gasteiger partial charge in [0.05, 0.1) is 26.4 Å². The monoisotopic (exact) mass is 459 g/mol. The van der Waals surface area contributed by atoms with Crippen molar-refractivity contribution in [3.05, 3.63) is 35.0 Å². The van der Waals surface area contributed by atoms with Crippen molar-refractivity contribution in [3.63, 3.8) is 0 Å². The van der Waals surface area contributed by atoms with E-state index in [2.05, 4.69) is 38.7 Å². The second-order valence-corrected chi connectivity index (χ2v) is 9.55. The van der Waals surface area contributed by atoms with E-state index in [1.165, 1.54) is 0 Å². The van der Waals surface area contributed by atoms with Crippen LogP contribution in [-0.2, 0) is 24.5 Å². The average Bonchev–Trinajstić information content (AvgIpc) is 2.76. The molecular weight excluding hydrogens is 422 g/mol. The van der Waals surface area contributed by atoms with Crippen LogP contribution in [0, 0.1) is 5.92 Å². The van der Waals surface area contributed by atoms with Gasteiger partial charge in [0, 0.05) is 44.2 Å². The Morgan fingerprint density at radius 1 is 1.18 bits per heavy atom. The highest BCUT2D eigenvalue weighted by Gasteiger charge is 2.49. The number of ether oxygens (including phenoxy) is 4. The average molecular weight is 460 g/mol. The number of esters is 1. The van der Waals surface area contributed by atoms with E-state index in [1.807, 2.05) is 6.07 Å². The maximum absolute atomic E-state index is 13.0. The normalized spacial score (nSPS) is 21.3. The van der Waals surface area contributed by atoms with Crippen molar-refractivity contribution in [1.29, 1.82) is 0 Å². The minimum atomic E-state index is -0.551. The summed E-state index contributed by atoms with van der Waals surface area (Å²) >= 11 is 0. The fraction of sp³-hybridized carbons (Fsp3) is 0.615. The Labute approximate surface area is 197 Å². The van der Waals surface area contributed by atoms with Crippen LogP contribution in [0.1, 0.15) is 64.6 Å². The quantitative estimate of drug-likeness (QED) is 0.311. The standard InChI is InChI=1S/C26H37NO6/c1-8-32-25(29)18-15-27-20(14-21(18)28)17-12-22(31-7)23(33-11-9-10-30-6)13-19(17)26(4,5)24(27)16(2)3/h12-13,15-16,20,24H,8-11,14H2,1-7H3. The van der Waals surface area contributed by atoms with Gasteiger partial charge in [0.2, 0.25) is 0 Å². The lowest BCUT2D eigenvalue weighted by Crippen LogP contribution is -2.55. The van der Waals surface area contributed by atoms with Crippen LogP contribution in [0.4, 0.5) is 0 Å². The van der Waals surface area contributed by atoms with Crippen molar-refractivity contribution >= 4 is 11.8 Å². The number of rotatable bonds is 9. The number of nitrogens with zero attached hydrogens (tertiary/aromatic N) is 1. The number of ketones is 1. The van der Waals surface area contributed by atoms with Crippen molar-refractivity contribution < 1.29 is 28.5 Å². The molecule has 0 aliphatic carbocycles. The predicted molar refractivity (Wildman–Crippen MR) is 126 cm³/mol. The van der Waals surface area contributed by atoms with Crippen LogP contribution in [-0.4, -0.2) is 56.7 Å². The van der Waals surface area contributed by atoms with Crippen LogP contribution < -0.4 is 9.47 Å². The van der Waals surface area contributed by atoms with Crippen LogP contribution in [0.5, 0.6) is 11.5 Å². The van der Waals surface area contributed by atoms with Gasteiger partial charge in [-0.25, -0.2) is 4.79 Å². The molecule has 0 bridgehead atoms. The number of hydrogen-bond donors (Lipinski definition) is 0. The molecule has 182 valence electrons. The molecule has 0 saturated heterocycles. The van der Waals surface area contributed by atoms with E-state index in [0.29, 0.717) is 24.7 Å². The number of carbonyl (C=O) groups is 2. The van der Waals surface area contributed by atoms with Gasteiger partial charge in [-0.3, -0.25) is 4.79 Å². The van der Waals surface area contributed by atoms with Gasteiger partial charge in [-0.1, -0.05) is 27.7 Å². The van der Waals surface area contributed by atoms with E-state index in [1.54, 1.807) is 27.3 Å². The summed E-state index contributed by atoms with van der Waals surface area (Å²) in [4.78, 5) is 27.6. The molecule has 0 aromatic heterocycles. The Balaban J connectivity index is 2.11. The first-order valence-electron chi connectivity index (χ1n) is 11.7. The van der Waals surface area contributed by atoms with Crippen LogP contribution in [0.2, 0.25) is 0 Å². The van der Waals surface area contributed by atoms with Gasteiger partial charge >= 0.3 is 5.97 Å². The maximum atomic E-state index is 13.0. The minimum absolute atomic E-state index is 0.0715. The number of Topliss-reactive ketones (excluding diaryl/α,β-unsaturated/α-hetero) is 1. The van der Waals surface area contributed by atoms with E-state index in [0.717, 1.165) is 17.5 Å². The van der Waals surface area contributed by atoms with Crippen molar-refractivity contribution in [3.8, 4) is 11.5 Å². The Hall–Kier alpha value is -2.54. The van der Waals surface area contributed by atoms with Gasteiger partial charge in [-0.2, -0.15) is 0 Å². The van der Waals surface area contributed by atoms with Crippen molar-refractivity contribution in [1.82, 2.24) is 4.90 Å². The first kappa shape index (κ1) is 25.1. The fourth-order valence-electron chi connectivity index (χ4n) is 5.40. The molecule has 2 unspecified atom stereocenters. The lowest BCUT2D eigenvalue weighted by molar-refractivity contribution is -0.141. The Morgan fingerprint density at radius 2 is 1.91 bits per heavy atom. The molecule has 0 N–H and O–H groups in total. The third-order valence-electron chi connectivity index (χ3n) is 6.64. The number of benzene rings is 1. The molecule has 0 amide bonds. The zero-order valence-electron chi connectivity index (χ0n) is 20.9. The zero-order valence-corrected chi connectivity index (χ0v) is 20.9. The number of carbonyl (C=O) groups excluding carboxylic acids is 2. The largest absolute Gasteiger partial charge is 0.493 e. The van der Waals surface area contributed by atoms with E-state index in [4.69, 9.17) is 18.9 Å². The lowest BCUT2D eigenvalue weighted by atomic mass is 9.65. The predicted octanol–water partition coefficient (Wildman–Crippen LogP) is 4.19. The summed E-state index contributed by atoms with van der Waals surface area (Å²) in [5, 5.41) is 0. The SMILES string of the molecule is CCOC(=O)C1=CN2C(CC1=O)c1cc(OC)c(OCCCOC)cc1C(C)(C)C2C(C)C. The molecule has 0 saturated carbocycles. The first-order valence-corrected chi connectivity index (χ1v) is 11.7. The highest BCUT2D eigenvalue weighted by atomic mass is 16.5. The Kier molecular flexibility index (Phi) is 7.73. The van der Waals surface area contributed by atoms with Gasteiger partial charge in [-0.05, 0) is 36.1 Å². The molecule has 2 aliphatic heterocycles. The molecule has 2 atom stereocenters. The second kappa shape index (κ2) is 10.2. The molecule has 1 aromatic rings. The Bertz CT molecular complexity index is 920. The van der Waals surface area contributed by atoms with Crippen molar-refractivity contribution in [2.75, 3.05) is 34.0 Å². The molecule has 7 nitrogen and oxygen atoms in total. The van der Waals surface area contributed by atoms with Crippen LogP contribution in [0.25, 0.3) is 0 Å². The summed E-state index contributed by atoms with van der Waals surface area (Å²) in [6.07, 6.45) is 2.72. The van der Waals surface area contributed by atoms with Crippen molar-refractivity contribution in [2.45, 2.75) is 65.0 Å². The summed E-state index contributed by atoms with van der Waals surface area (Å²) in [5.41, 5.74) is 2.03. The minimum Gasteiger partial charge on any atom is -0.493 e. The molecule has 7 heteroatoms. The Morgan fingerprint density at radius 3 is 2.52 bits per heavy atom. The van der Waals surface area contributed by atoms with Crippen LogP contribution >= 0.6 is 0 Å². The van der Waals surface area contributed by atoms with Gasteiger partial charge in [-0.15, -0.1) is 0 Å². The van der Waals surface area contributed by atoms with E-state index < -0.39 is 5.97 Å². The number of methoxy groups -OCH3 is 2. The van der Waals surface area contributed by atoms with Gasteiger partial charge < -0.3 is 23.8 Å². The molecule has 0 radical (unpaired) electrons. The highest BCUT2D eigenvalue weighted by molar-refractivity contribution is 6.17. The highest BCUT2D eigenvalue weighted by Crippen LogP contribution is 2.52. The van der Waals surface area contributed by atoms with Crippen LogP contribution in [0.3, 0.4) is 0 Å². The molecule has 0 spiro atoms. The third-order valence-corrected chi connectivity index (χ3v) is 6.64. The van der Waals surface area contributed by atoms with Gasteiger partial charge in [0.25, 0.3) is 0 Å². The summed E-state index contributed by atoms with van der Waals surface area (Å²) in [5.74, 6) is 0.863. The third kappa shape index (κ3) is 4.74. The van der Waals surface area contributed by atoms with Gasteiger partial charge in [0.15, 0.2) is 17.3 Å². The molecule has 2 heterocycles. The van der Waals surface area contributed by atoms with E-state index >= 15 is 0 Å². The maximum Gasteiger partial charge on any atom is 0.343 e. The van der Waals surface area contributed by atoms with Crippen LogP contribution in [0.15, 0.2) is 23.9 Å². The van der Waals surface area contributed by atoms with E-state index in [9.17, 15) is 9.59 Å². The fourth-order valence-corrected chi connectivity index (χ4v) is 5.40. The molecule has 1 aromatic carbocycles. The second-order valence-electron chi connectivity index (χ2n) is 9.55.